The minimum Gasteiger partial charge on any atom is -0.408 e. The van der Waals surface area contributed by atoms with Gasteiger partial charge in [-0.1, -0.05) is 42.4 Å². The summed E-state index contributed by atoms with van der Waals surface area (Å²) in [5.41, 5.74) is 0.515. The number of aromatic nitrogens is 2. The van der Waals surface area contributed by atoms with Gasteiger partial charge in [0.1, 0.15) is 0 Å². The Kier molecular flexibility index (Phi) is 6.48. The number of hydrogen-bond acceptors (Lipinski definition) is 7. The third-order valence-corrected chi connectivity index (χ3v) is 6.49. The van der Waals surface area contributed by atoms with E-state index >= 15 is 0 Å². The third kappa shape index (κ3) is 4.99. The number of aryl methyl sites for hydroxylation is 1. The lowest BCUT2D eigenvalue weighted by atomic mass is 10.2. The molecule has 0 radical (unpaired) electrons. The molecular formula is C19H19N3O4S2. The number of rotatable bonds is 8. The van der Waals surface area contributed by atoms with Gasteiger partial charge in [0.15, 0.2) is 9.84 Å². The van der Waals surface area contributed by atoms with E-state index in [9.17, 15) is 13.2 Å². The summed E-state index contributed by atoms with van der Waals surface area (Å²) in [5, 5.41) is 10.2. The number of nitrogens with zero attached hydrogens (tertiary/aromatic N) is 2. The zero-order chi connectivity index (χ0) is 20.0. The fourth-order valence-electron chi connectivity index (χ4n) is 2.47. The van der Waals surface area contributed by atoms with E-state index in [-0.39, 0.29) is 34.9 Å². The van der Waals surface area contributed by atoms with Crippen molar-refractivity contribution in [1.29, 1.82) is 0 Å². The molecular weight excluding hydrogens is 398 g/mol. The van der Waals surface area contributed by atoms with Gasteiger partial charge in [0.2, 0.25) is 5.89 Å². The van der Waals surface area contributed by atoms with Crippen molar-refractivity contribution in [1.82, 2.24) is 10.2 Å². The molecule has 146 valence electrons. The Hall–Kier alpha value is -2.65. The van der Waals surface area contributed by atoms with Gasteiger partial charge in [-0.15, -0.1) is 16.9 Å². The van der Waals surface area contributed by atoms with Crippen LogP contribution in [0, 0.1) is 0 Å². The van der Waals surface area contributed by atoms with Gasteiger partial charge >= 0.3 is 6.01 Å². The summed E-state index contributed by atoms with van der Waals surface area (Å²) >= 11 is 1.56. The second-order valence-electron chi connectivity index (χ2n) is 5.77. The highest BCUT2D eigenvalue weighted by atomic mass is 32.2. The molecule has 0 saturated heterocycles. The maximum Gasteiger partial charge on any atom is 0.322 e. The minimum atomic E-state index is -3.45. The molecule has 0 fully saturated rings. The Morgan fingerprint density at radius 1 is 1.07 bits per heavy atom. The van der Waals surface area contributed by atoms with Crippen LogP contribution in [0.4, 0.5) is 6.01 Å². The Labute approximate surface area is 167 Å². The smallest absolute Gasteiger partial charge is 0.322 e. The van der Waals surface area contributed by atoms with Crippen LogP contribution in [0.3, 0.4) is 0 Å². The summed E-state index contributed by atoms with van der Waals surface area (Å²) in [7, 11) is -3.45. The molecule has 1 heterocycles. The summed E-state index contributed by atoms with van der Waals surface area (Å²) in [5.74, 6) is 0.461. The summed E-state index contributed by atoms with van der Waals surface area (Å²) < 4.78 is 30.0. The molecule has 1 amide bonds. The Morgan fingerprint density at radius 2 is 1.79 bits per heavy atom. The SMILES string of the molecule is CCSc1ccccc1C(=O)Nc1nnc(CCS(=O)(=O)c2ccccc2)o1. The topological polar surface area (TPSA) is 102 Å². The van der Waals surface area contributed by atoms with Crippen LogP contribution >= 0.6 is 11.8 Å². The van der Waals surface area contributed by atoms with Gasteiger partial charge in [-0.05, 0) is 30.0 Å². The third-order valence-electron chi connectivity index (χ3n) is 3.81. The van der Waals surface area contributed by atoms with Crippen molar-refractivity contribution in [2.75, 3.05) is 16.8 Å². The summed E-state index contributed by atoms with van der Waals surface area (Å²) in [4.78, 5) is 13.6. The number of amides is 1. The molecule has 2 aromatic carbocycles. The predicted octanol–water partition coefficient (Wildman–Crippen LogP) is 3.45. The lowest BCUT2D eigenvalue weighted by Gasteiger charge is -2.06. The van der Waals surface area contributed by atoms with Crippen molar-refractivity contribution in [2.45, 2.75) is 23.1 Å². The average molecular weight is 418 g/mol. The van der Waals surface area contributed by atoms with Gasteiger partial charge in [0, 0.05) is 11.3 Å². The highest BCUT2D eigenvalue weighted by molar-refractivity contribution is 7.99. The molecule has 7 nitrogen and oxygen atoms in total. The molecule has 0 aliphatic carbocycles. The van der Waals surface area contributed by atoms with Crippen molar-refractivity contribution in [2.24, 2.45) is 0 Å². The molecule has 0 atom stereocenters. The van der Waals surface area contributed by atoms with Crippen LogP contribution in [0.15, 0.2) is 68.8 Å². The first-order valence-corrected chi connectivity index (χ1v) is 11.3. The van der Waals surface area contributed by atoms with Crippen LogP contribution < -0.4 is 5.32 Å². The number of benzene rings is 2. The van der Waals surface area contributed by atoms with Crippen LogP contribution in [-0.4, -0.2) is 36.0 Å². The molecule has 9 heteroatoms. The van der Waals surface area contributed by atoms with Crippen molar-refractivity contribution in [3.05, 3.63) is 66.1 Å². The summed E-state index contributed by atoms with van der Waals surface area (Å²) in [6.07, 6.45) is 0.0579. The number of thioether (sulfide) groups is 1. The monoisotopic (exact) mass is 417 g/mol. The molecule has 1 aromatic heterocycles. The predicted molar refractivity (Wildman–Crippen MR) is 107 cm³/mol. The van der Waals surface area contributed by atoms with Crippen LogP contribution in [0.1, 0.15) is 23.2 Å². The zero-order valence-corrected chi connectivity index (χ0v) is 16.8. The van der Waals surface area contributed by atoms with Gasteiger partial charge in [-0.25, -0.2) is 8.42 Å². The number of nitrogens with one attached hydrogen (secondary N) is 1. The first-order valence-electron chi connectivity index (χ1n) is 8.63. The normalized spacial score (nSPS) is 11.3. The Morgan fingerprint density at radius 3 is 2.54 bits per heavy atom. The number of carbonyl (C=O) groups is 1. The van der Waals surface area contributed by atoms with Crippen molar-refractivity contribution >= 4 is 33.5 Å². The van der Waals surface area contributed by atoms with Crippen LogP contribution in [0.2, 0.25) is 0 Å². The first kappa shape index (κ1) is 20.1. The second-order valence-corrected chi connectivity index (χ2v) is 9.18. The molecule has 3 rings (SSSR count). The van der Waals surface area contributed by atoms with Gasteiger partial charge in [0.05, 0.1) is 16.2 Å². The quantitative estimate of drug-likeness (QED) is 0.560. The molecule has 28 heavy (non-hydrogen) atoms. The van der Waals surface area contributed by atoms with Crippen LogP contribution in [0.25, 0.3) is 0 Å². The van der Waals surface area contributed by atoms with Gasteiger partial charge < -0.3 is 4.42 Å². The Bertz CT molecular complexity index is 1050. The lowest BCUT2D eigenvalue weighted by molar-refractivity contribution is 0.102. The van der Waals surface area contributed by atoms with Crippen molar-refractivity contribution < 1.29 is 17.6 Å². The van der Waals surface area contributed by atoms with Gasteiger partial charge in [-0.2, -0.15) is 0 Å². The van der Waals surface area contributed by atoms with E-state index < -0.39 is 9.84 Å². The summed E-state index contributed by atoms with van der Waals surface area (Å²) in [6, 6.07) is 15.4. The molecule has 1 N–H and O–H groups in total. The maximum absolute atomic E-state index is 12.5. The standard InChI is InChI=1S/C19H19N3O4S2/c1-2-27-16-11-7-6-10-15(16)18(23)20-19-22-21-17(26-19)12-13-28(24,25)14-8-4-3-5-9-14/h3-11H,2,12-13H2,1H3,(H,20,22,23). The lowest BCUT2D eigenvalue weighted by Crippen LogP contribution is -2.13. The van der Waals surface area contributed by atoms with E-state index in [2.05, 4.69) is 15.5 Å². The molecule has 0 bridgehead atoms. The highest BCUT2D eigenvalue weighted by Gasteiger charge is 2.18. The number of anilines is 1. The molecule has 0 spiro atoms. The molecule has 0 unspecified atom stereocenters. The molecule has 0 aliphatic rings. The van der Waals surface area contributed by atoms with E-state index in [4.69, 9.17) is 4.42 Å². The fraction of sp³-hybridized carbons (Fsp3) is 0.211. The number of carbonyl (C=O) groups excluding carboxylic acids is 1. The molecule has 0 aliphatic heterocycles. The second kappa shape index (κ2) is 9.03. The number of hydrogen-bond donors (Lipinski definition) is 1. The van der Waals surface area contributed by atoms with E-state index in [0.29, 0.717) is 5.56 Å². The van der Waals surface area contributed by atoms with E-state index in [1.54, 1.807) is 54.2 Å². The van der Waals surface area contributed by atoms with Gasteiger partial charge in [-0.3, -0.25) is 10.1 Å². The van der Waals surface area contributed by atoms with E-state index in [0.717, 1.165) is 10.6 Å². The summed E-state index contributed by atoms with van der Waals surface area (Å²) in [6.45, 7) is 2.01. The fourth-order valence-corrected chi connectivity index (χ4v) is 4.53. The maximum atomic E-state index is 12.5. The van der Waals surface area contributed by atoms with Crippen molar-refractivity contribution in [3.8, 4) is 0 Å². The van der Waals surface area contributed by atoms with E-state index in [1.165, 1.54) is 0 Å². The number of sulfone groups is 1. The Balaban J connectivity index is 1.64. The van der Waals surface area contributed by atoms with Crippen molar-refractivity contribution in [3.63, 3.8) is 0 Å². The zero-order valence-electron chi connectivity index (χ0n) is 15.2. The average Bonchev–Trinajstić information content (AvgIpc) is 3.15. The van der Waals surface area contributed by atoms with Crippen LogP contribution in [-0.2, 0) is 16.3 Å². The van der Waals surface area contributed by atoms with Crippen LogP contribution in [0.5, 0.6) is 0 Å². The highest BCUT2D eigenvalue weighted by Crippen LogP contribution is 2.23. The first-order chi connectivity index (χ1) is 13.5. The molecule has 3 aromatic rings. The molecule has 0 saturated carbocycles. The minimum absolute atomic E-state index is 0.0579. The largest absolute Gasteiger partial charge is 0.408 e. The van der Waals surface area contributed by atoms with Gasteiger partial charge in [0.25, 0.3) is 5.91 Å². The van der Waals surface area contributed by atoms with E-state index in [1.807, 2.05) is 19.1 Å².